The maximum atomic E-state index is 11.8. The molecule has 0 bridgehead atoms. The predicted molar refractivity (Wildman–Crippen MR) is 78.5 cm³/mol. The Kier molecular flexibility index (Phi) is 6.18. The molecular formula is C15H22N2O3. The number of carbonyl (C=O) groups excluding carboxylic acids is 2. The first kappa shape index (κ1) is 16.2. The van der Waals surface area contributed by atoms with Gasteiger partial charge in [-0.15, -0.1) is 0 Å². The zero-order valence-corrected chi connectivity index (χ0v) is 12.2. The van der Waals surface area contributed by atoms with E-state index in [1.807, 2.05) is 20.8 Å². The average Bonchev–Trinajstić information content (AvgIpc) is 2.44. The smallest absolute Gasteiger partial charge is 0.338 e. The number of carbonyl (C=O) groups is 2. The lowest BCUT2D eigenvalue weighted by Crippen LogP contribution is -2.39. The fourth-order valence-corrected chi connectivity index (χ4v) is 1.50. The summed E-state index contributed by atoms with van der Waals surface area (Å²) in [4.78, 5) is 23.4. The molecule has 0 aliphatic carbocycles. The molecule has 3 N–H and O–H groups in total. The van der Waals surface area contributed by atoms with Gasteiger partial charge in [-0.25, -0.2) is 4.79 Å². The lowest BCUT2D eigenvalue weighted by Gasteiger charge is -2.15. The number of benzene rings is 1. The average molecular weight is 278 g/mol. The summed E-state index contributed by atoms with van der Waals surface area (Å²) in [5, 5.41) is 2.72. The molecule has 20 heavy (non-hydrogen) atoms. The van der Waals surface area contributed by atoms with Gasteiger partial charge in [0.2, 0.25) is 5.91 Å². The lowest BCUT2D eigenvalue weighted by molar-refractivity contribution is -0.118. The van der Waals surface area contributed by atoms with Crippen molar-refractivity contribution in [3.63, 3.8) is 0 Å². The van der Waals surface area contributed by atoms with Gasteiger partial charge in [0.05, 0.1) is 18.2 Å². The molecule has 1 atom stereocenters. The second kappa shape index (κ2) is 7.65. The minimum atomic E-state index is -0.552. The number of rotatable bonds is 6. The number of esters is 1. The Hall–Kier alpha value is -1.88. The van der Waals surface area contributed by atoms with E-state index < -0.39 is 6.04 Å². The van der Waals surface area contributed by atoms with Gasteiger partial charge in [0.25, 0.3) is 0 Å². The van der Waals surface area contributed by atoms with Crippen molar-refractivity contribution < 1.29 is 14.3 Å². The van der Waals surface area contributed by atoms with Crippen LogP contribution < -0.4 is 11.1 Å². The Labute approximate surface area is 119 Å². The van der Waals surface area contributed by atoms with E-state index in [9.17, 15) is 9.59 Å². The molecule has 5 heteroatoms. The van der Waals surface area contributed by atoms with Crippen molar-refractivity contribution in [3.8, 4) is 0 Å². The molecule has 0 saturated carbocycles. The van der Waals surface area contributed by atoms with E-state index in [0.717, 1.165) is 6.42 Å². The molecule has 0 aromatic heterocycles. The van der Waals surface area contributed by atoms with Crippen molar-refractivity contribution in [2.24, 2.45) is 11.7 Å². The van der Waals surface area contributed by atoms with Gasteiger partial charge in [0.1, 0.15) is 0 Å². The third-order valence-electron chi connectivity index (χ3n) is 2.85. The van der Waals surface area contributed by atoms with Gasteiger partial charge in [-0.2, -0.15) is 0 Å². The van der Waals surface area contributed by atoms with E-state index in [1.165, 1.54) is 0 Å². The quantitative estimate of drug-likeness (QED) is 0.781. The number of nitrogens with one attached hydrogen (secondary N) is 1. The van der Waals surface area contributed by atoms with Crippen LogP contribution in [0.1, 0.15) is 37.6 Å². The molecular weight excluding hydrogens is 256 g/mol. The first-order valence-corrected chi connectivity index (χ1v) is 6.79. The normalized spacial score (nSPS) is 12.1. The highest BCUT2D eigenvalue weighted by atomic mass is 16.5. The van der Waals surface area contributed by atoms with Crippen molar-refractivity contribution in [1.29, 1.82) is 0 Å². The highest BCUT2D eigenvalue weighted by Crippen LogP contribution is 2.12. The third-order valence-corrected chi connectivity index (χ3v) is 2.85. The summed E-state index contributed by atoms with van der Waals surface area (Å²) in [6, 6.07) is 6.01. The summed E-state index contributed by atoms with van der Waals surface area (Å²) in [6.07, 6.45) is 0.785. The van der Waals surface area contributed by atoms with Crippen LogP contribution in [-0.2, 0) is 9.53 Å². The molecule has 1 unspecified atom stereocenters. The first-order chi connectivity index (χ1) is 9.45. The van der Waals surface area contributed by atoms with Crippen molar-refractivity contribution in [1.82, 2.24) is 0 Å². The lowest BCUT2D eigenvalue weighted by atomic mass is 10.0. The molecule has 0 fully saturated rings. The van der Waals surface area contributed by atoms with Gasteiger partial charge in [0, 0.05) is 5.69 Å². The van der Waals surface area contributed by atoms with Gasteiger partial charge >= 0.3 is 5.97 Å². The van der Waals surface area contributed by atoms with Crippen LogP contribution in [0.3, 0.4) is 0 Å². The summed E-state index contributed by atoms with van der Waals surface area (Å²) in [6.45, 7) is 6.11. The zero-order valence-electron chi connectivity index (χ0n) is 12.2. The van der Waals surface area contributed by atoms with E-state index in [0.29, 0.717) is 17.9 Å². The van der Waals surface area contributed by atoms with Crippen LogP contribution in [-0.4, -0.2) is 24.5 Å². The molecule has 1 rings (SSSR count). The van der Waals surface area contributed by atoms with Crippen molar-refractivity contribution in [2.75, 3.05) is 11.9 Å². The third kappa shape index (κ3) is 4.66. The Balaban J connectivity index is 2.63. The second-order valence-electron chi connectivity index (χ2n) is 4.97. The number of anilines is 1. The Morgan fingerprint density at radius 3 is 2.35 bits per heavy atom. The molecule has 0 aliphatic heterocycles. The zero-order chi connectivity index (χ0) is 15.1. The van der Waals surface area contributed by atoms with E-state index in [-0.39, 0.29) is 17.8 Å². The number of hydrogen-bond donors (Lipinski definition) is 2. The van der Waals surface area contributed by atoms with Gasteiger partial charge in [-0.3, -0.25) is 4.79 Å². The largest absolute Gasteiger partial charge is 0.462 e. The van der Waals surface area contributed by atoms with E-state index in [4.69, 9.17) is 10.5 Å². The molecule has 0 spiro atoms. The topological polar surface area (TPSA) is 81.4 Å². The van der Waals surface area contributed by atoms with E-state index >= 15 is 0 Å². The van der Waals surface area contributed by atoms with Gasteiger partial charge in [-0.05, 0) is 36.6 Å². The molecule has 5 nitrogen and oxygen atoms in total. The summed E-state index contributed by atoms with van der Waals surface area (Å²) in [5.74, 6) is -0.525. The molecule has 1 aromatic rings. The van der Waals surface area contributed by atoms with Crippen LogP contribution in [0.15, 0.2) is 24.3 Å². The highest BCUT2D eigenvalue weighted by Gasteiger charge is 2.17. The van der Waals surface area contributed by atoms with Gasteiger partial charge < -0.3 is 15.8 Å². The van der Waals surface area contributed by atoms with Crippen molar-refractivity contribution in [2.45, 2.75) is 33.2 Å². The molecule has 0 radical (unpaired) electrons. The SMILES string of the molecule is CCCOC(=O)c1ccc(NC(=O)C(N)C(C)C)cc1. The minimum absolute atomic E-state index is 0.0679. The highest BCUT2D eigenvalue weighted by molar-refractivity contribution is 5.95. The fraction of sp³-hybridized carbons (Fsp3) is 0.467. The molecule has 0 saturated heterocycles. The Morgan fingerprint density at radius 1 is 1.25 bits per heavy atom. The monoisotopic (exact) mass is 278 g/mol. The van der Waals surface area contributed by atoms with Crippen LogP contribution >= 0.6 is 0 Å². The van der Waals surface area contributed by atoms with Crippen LogP contribution in [0.5, 0.6) is 0 Å². The van der Waals surface area contributed by atoms with Gasteiger partial charge in [-0.1, -0.05) is 20.8 Å². The summed E-state index contributed by atoms with van der Waals surface area (Å²) in [7, 11) is 0. The summed E-state index contributed by atoms with van der Waals surface area (Å²) < 4.78 is 5.02. The Bertz CT molecular complexity index is 455. The number of nitrogens with two attached hydrogens (primary N) is 1. The molecule has 1 amide bonds. The molecule has 1 aromatic carbocycles. The predicted octanol–water partition coefficient (Wildman–Crippen LogP) is 2.18. The molecule has 0 heterocycles. The molecule has 110 valence electrons. The van der Waals surface area contributed by atoms with E-state index in [2.05, 4.69) is 5.32 Å². The summed E-state index contributed by atoms with van der Waals surface area (Å²) in [5.41, 5.74) is 6.83. The van der Waals surface area contributed by atoms with Crippen LogP contribution in [0, 0.1) is 5.92 Å². The van der Waals surface area contributed by atoms with Crippen LogP contribution in [0.4, 0.5) is 5.69 Å². The standard InChI is InChI=1S/C15H22N2O3/c1-4-9-20-15(19)11-5-7-12(8-6-11)17-14(18)13(16)10(2)3/h5-8,10,13H,4,9,16H2,1-3H3,(H,17,18). The number of amides is 1. The van der Waals surface area contributed by atoms with Crippen molar-refractivity contribution >= 4 is 17.6 Å². The Morgan fingerprint density at radius 2 is 1.85 bits per heavy atom. The van der Waals surface area contributed by atoms with Crippen LogP contribution in [0.2, 0.25) is 0 Å². The number of hydrogen-bond acceptors (Lipinski definition) is 4. The first-order valence-electron chi connectivity index (χ1n) is 6.79. The molecule has 0 aliphatic rings. The van der Waals surface area contributed by atoms with Crippen molar-refractivity contribution in [3.05, 3.63) is 29.8 Å². The number of ether oxygens (including phenoxy) is 1. The maximum absolute atomic E-state index is 11.8. The minimum Gasteiger partial charge on any atom is -0.462 e. The van der Waals surface area contributed by atoms with Gasteiger partial charge in [0.15, 0.2) is 0 Å². The fourth-order valence-electron chi connectivity index (χ4n) is 1.50. The van der Waals surface area contributed by atoms with E-state index in [1.54, 1.807) is 24.3 Å². The second-order valence-corrected chi connectivity index (χ2v) is 4.97. The summed E-state index contributed by atoms with van der Waals surface area (Å²) >= 11 is 0. The maximum Gasteiger partial charge on any atom is 0.338 e. The van der Waals surface area contributed by atoms with Crippen LogP contribution in [0.25, 0.3) is 0 Å².